The Hall–Kier alpha value is -1.29. The SMILES string of the molecule is CCc1nn(C)c(CN(C)c2ccc(C)cc2C)c1Br. The maximum atomic E-state index is 4.56. The predicted molar refractivity (Wildman–Crippen MR) is 88.3 cm³/mol. The molecule has 0 saturated heterocycles. The van der Waals surface area contributed by atoms with Gasteiger partial charge < -0.3 is 4.90 Å². The normalized spacial score (nSPS) is 10.9. The van der Waals surface area contributed by atoms with Crippen LogP contribution in [-0.2, 0) is 20.0 Å². The molecule has 1 aromatic heterocycles. The van der Waals surface area contributed by atoms with Crippen molar-refractivity contribution in [2.45, 2.75) is 33.7 Å². The van der Waals surface area contributed by atoms with Gasteiger partial charge in [0.2, 0.25) is 0 Å². The number of halogens is 1. The van der Waals surface area contributed by atoms with Gasteiger partial charge in [-0.05, 0) is 47.8 Å². The number of aryl methyl sites for hydroxylation is 4. The van der Waals surface area contributed by atoms with Gasteiger partial charge in [0.05, 0.1) is 22.4 Å². The second-order valence-corrected chi connectivity index (χ2v) is 6.12. The Kier molecular flexibility index (Phi) is 4.53. The number of aromatic nitrogens is 2. The number of rotatable bonds is 4. The molecule has 1 heterocycles. The molecule has 0 fully saturated rings. The lowest BCUT2D eigenvalue weighted by Crippen LogP contribution is -2.19. The van der Waals surface area contributed by atoms with E-state index in [2.05, 4.69) is 71.9 Å². The Balaban J connectivity index is 2.27. The zero-order valence-electron chi connectivity index (χ0n) is 12.9. The first kappa shape index (κ1) is 15.1. The van der Waals surface area contributed by atoms with Crippen molar-refractivity contribution < 1.29 is 0 Å². The summed E-state index contributed by atoms with van der Waals surface area (Å²) in [5.41, 5.74) is 6.21. The lowest BCUT2D eigenvalue weighted by atomic mass is 10.1. The zero-order valence-corrected chi connectivity index (χ0v) is 14.5. The van der Waals surface area contributed by atoms with Crippen LogP contribution in [0.1, 0.15) is 29.4 Å². The van der Waals surface area contributed by atoms with Gasteiger partial charge in [0, 0.05) is 19.8 Å². The first-order chi connectivity index (χ1) is 9.43. The highest BCUT2D eigenvalue weighted by atomic mass is 79.9. The van der Waals surface area contributed by atoms with Gasteiger partial charge >= 0.3 is 0 Å². The highest BCUT2D eigenvalue weighted by Gasteiger charge is 2.15. The first-order valence-electron chi connectivity index (χ1n) is 6.92. The van der Waals surface area contributed by atoms with Crippen molar-refractivity contribution in [1.82, 2.24) is 9.78 Å². The van der Waals surface area contributed by atoms with E-state index in [4.69, 9.17) is 0 Å². The third-order valence-electron chi connectivity index (χ3n) is 3.65. The van der Waals surface area contributed by atoms with Gasteiger partial charge in [-0.3, -0.25) is 4.68 Å². The Morgan fingerprint density at radius 3 is 2.55 bits per heavy atom. The van der Waals surface area contributed by atoms with E-state index in [0.717, 1.165) is 23.1 Å². The van der Waals surface area contributed by atoms with Gasteiger partial charge in [-0.2, -0.15) is 5.10 Å². The largest absolute Gasteiger partial charge is 0.368 e. The molecule has 0 atom stereocenters. The van der Waals surface area contributed by atoms with Crippen LogP contribution < -0.4 is 4.90 Å². The summed E-state index contributed by atoms with van der Waals surface area (Å²) >= 11 is 3.68. The summed E-state index contributed by atoms with van der Waals surface area (Å²) in [6, 6.07) is 6.58. The van der Waals surface area contributed by atoms with Gasteiger partial charge in [-0.1, -0.05) is 24.6 Å². The van der Waals surface area contributed by atoms with Crippen LogP contribution in [0.2, 0.25) is 0 Å². The molecule has 0 amide bonds. The Morgan fingerprint density at radius 1 is 1.30 bits per heavy atom. The minimum Gasteiger partial charge on any atom is -0.368 e. The van der Waals surface area contributed by atoms with Gasteiger partial charge in [0.1, 0.15) is 0 Å². The number of anilines is 1. The monoisotopic (exact) mass is 335 g/mol. The molecule has 0 saturated carbocycles. The third kappa shape index (κ3) is 2.90. The molecule has 0 N–H and O–H groups in total. The van der Waals surface area contributed by atoms with Crippen LogP contribution in [0.4, 0.5) is 5.69 Å². The van der Waals surface area contributed by atoms with Gasteiger partial charge in [0.25, 0.3) is 0 Å². The van der Waals surface area contributed by atoms with E-state index in [1.165, 1.54) is 22.5 Å². The van der Waals surface area contributed by atoms with E-state index in [9.17, 15) is 0 Å². The average Bonchev–Trinajstić information content (AvgIpc) is 2.66. The molecule has 0 radical (unpaired) electrons. The fourth-order valence-corrected chi connectivity index (χ4v) is 3.28. The van der Waals surface area contributed by atoms with E-state index in [1.54, 1.807) is 0 Å². The Labute approximate surface area is 129 Å². The summed E-state index contributed by atoms with van der Waals surface area (Å²) in [7, 11) is 4.14. The molecule has 0 bridgehead atoms. The molecule has 0 spiro atoms. The fourth-order valence-electron chi connectivity index (χ4n) is 2.54. The Morgan fingerprint density at radius 2 is 2.00 bits per heavy atom. The highest BCUT2D eigenvalue weighted by molar-refractivity contribution is 9.10. The molecule has 0 aliphatic heterocycles. The van der Waals surface area contributed by atoms with Gasteiger partial charge in [-0.25, -0.2) is 0 Å². The van der Waals surface area contributed by atoms with Crippen molar-refractivity contribution in [2.75, 3.05) is 11.9 Å². The summed E-state index contributed by atoms with van der Waals surface area (Å²) in [5.74, 6) is 0. The van der Waals surface area contributed by atoms with Crippen LogP contribution in [0.25, 0.3) is 0 Å². The van der Waals surface area contributed by atoms with E-state index in [1.807, 2.05) is 11.7 Å². The standard InChI is InChI=1S/C16H22BrN3/c1-6-13-16(17)15(20(5)18-13)10-19(4)14-8-7-11(2)9-12(14)3/h7-9H,6,10H2,1-5H3. The molecule has 108 valence electrons. The lowest BCUT2D eigenvalue weighted by molar-refractivity contribution is 0.688. The van der Waals surface area contributed by atoms with Crippen LogP contribution in [0, 0.1) is 13.8 Å². The van der Waals surface area contributed by atoms with Crippen molar-refractivity contribution in [2.24, 2.45) is 7.05 Å². The molecule has 3 nitrogen and oxygen atoms in total. The maximum absolute atomic E-state index is 4.56. The summed E-state index contributed by atoms with van der Waals surface area (Å²) in [6.45, 7) is 7.26. The predicted octanol–water partition coefficient (Wildman–Crippen LogP) is 4.00. The number of nitrogens with zero attached hydrogens (tertiary/aromatic N) is 3. The van der Waals surface area contributed by atoms with Crippen molar-refractivity contribution >= 4 is 21.6 Å². The van der Waals surface area contributed by atoms with E-state index in [-0.39, 0.29) is 0 Å². The molecule has 2 rings (SSSR count). The second-order valence-electron chi connectivity index (χ2n) is 5.33. The van der Waals surface area contributed by atoms with E-state index in [0.29, 0.717) is 0 Å². The zero-order chi connectivity index (χ0) is 14.9. The molecular formula is C16H22BrN3. The number of hydrogen-bond acceptors (Lipinski definition) is 2. The van der Waals surface area contributed by atoms with E-state index >= 15 is 0 Å². The van der Waals surface area contributed by atoms with Crippen LogP contribution in [0.15, 0.2) is 22.7 Å². The van der Waals surface area contributed by atoms with Crippen LogP contribution in [-0.4, -0.2) is 16.8 Å². The molecule has 1 aromatic carbocycles. The first-order valence-corrected chi connectivity index (χ1v) is 7.72. The minimum atomic E-state index is 0.841. The molecular weight excluding hydrogens is 314 g/mol. The summed E-state index contributed by atoms with van der Waals surface area (Å²) in [4.78, 5) is 2.27. The summed E-state index contributed by atoms with van der Waals surface area (Å²) in [6.07, 6.45) is 0.946. The number of hydrogen-bond donors (Lipinski definition) is 0. The smallest absolute Gasteiger partial charge is 0.0767 e. The van der Waals surface area contributed by atoms with Gasteiger partial charge in [0.15, 0.2) is 0 Å². The topological polar surface area (TPSA) is 21.1 Å². The maximum Gasteiger partial charge on any atom is 0.0767 e. The highest BCUT2D eigenvalue weighted by Crippen LogP contribution is 2.26. The second kappa shape index (κ2) is 6.00. The van der Waals surface area contributed by atoms with Gasteiger partial charge in [-0.15, -0.1) is 0 Å². The van der Waals surface area contributed by atoms with Crippen molar-refractivity contribution in [1.29, 1.82) is 0 Å². The van der Waals surface area contributed by atoms with E-state index < -0.39 is 0 Å². The summed E-state index contributed by atoms with van der Waals surface area (Å²) < 4.78 is 3.11. The van der Waals surface area contributed by atoms with Crippen molar-refractivity contribution in [3.63, 3.8) is 0 Å². The van der Waals surface area contributed by atoms with Crippen LogP contribution in [0.3, 0.4) is 0 Å². The Bertz CT molecular complexity index is 616. The average molecular weight is 336 g/mol. The molecule has 0 unspecified atom stereocenters. The molecule has 0 aliphatic carbocycles. The molecule has 20 heavy (non-hydrogen) atoms. The minimum absolute atomic E-state index is 0.841. The fraction of sp³-hybridized carbons (Fsp3) is 0.438. The molecule has 0 aliphatic rings. The third-order valence-corrected chi connectivity index (χ3v) is 4.57. The quantitative estimate of drug-likeness (QED) is 0.842. The lowest BCUT2D eigenvalue weighted by Gasteiger charge is -2.22. The summed E-state index contributed by atoms with van der Waals surface area (Å²) in [5, 5.41) is 4.56. The number of benzene rings is 1. The molecule has 2 aromatic rings. The van der Waals surface area contributed by atoms with Crippen LogP contribution in [0.5, 0.6) is 0 Å². The molecule has 4 heteroatoms. The van der Waals surface area contributed by atoms with Crippen molar-refractivity contribution in [3.8, 4) is 0 Å². The van der Waals surface area contributed by atoms with Crippen LogP contribution >= 0.6 is 15.9 Å². The van der Waals surface area contributed by atoms with Crippen molar-refractivity contribution in [3.05, 3.63) is 45.2 Å².